The maximum absolute atomic E-state index is 13.3. The Morgan fingerprint density at radius 2 is 1.73 bits per heavy atom. The Labute approximate surface area is 163 Å². The first-order chi connectivity index (χ1) is 12.4. The molecule has 2 nitrogen and oxygen atoms in total. The molecule has 0 spiro atoms. The molecule has 0 aliphatic heterocycles. The first-order valence-corrected chi connectivity index (χ1v) is 10.6. The van der Waals surface area contributed by atoms with E-state index in [0.717, 1.165) is 18.4 Å². The van der Waals surface area contributed by atoms with Crippen molar-refractivity contribution in [1.82, 2.24) is 0 Å². The first-order valence-electron chi connectivity index (χ1n) is 9.10. The summed E-state index contributed by atoms with van der Waals surface area (Å²) in [6.45, 7) is 5.74. The molecule has 0 saturated heterocycles. The van der Waals surface area contributed by atoms with Crippen molar-refractivity contribution in [1.29, 1.82) is 0 Å². The number of alkyl halides is 1. The molecular weight excluding hydrogens is 364 g/mol. The van der Waals surface area contributed by atoms with Crippen molar-refractivity contribution in [3.63, 3.8) is 0 Å². The van der Waals surface area contributed by atoms with Gasteiger partial charge in [-0.25, -0.2) is 0 Å². The van der Waals surface area contributed by atoms with E-state index in [0.29, 0.717) is 11.3 Å². The molecule has 3 rings (SSSR count). The smallest absolute Gasteiger partial charge is 0.141 e. The van der Waals surface area contributed by atoms with Crippen LogP contribution >= 0.6 is 11.6 Å². The van der Waals surface area contributed by atoms with E-state index in [1.165, 1.54) is 5.56 Å². The lowest BCUT2D eigenvalue weighted by molar-refractivity contribution is -0.123. The van der Waals surface area contributed by atoms with Crippen LogP contribution in [-0.2, 0) is 22.0 Å². The van der Waals surface area contributed by atoms with Crippen LogP contribution in [0.15, 0.2) is 59.5 Å². The minimum atomic E-state index is -1.43. The molecule has 4 heteroatoms. The number of ketones is 1. The number of Topliss-reactive ketones (excluding diaryl/α,β-unsaturated/α-hetero) is 1. The van der Waals surface area contributed by atoms with Gasteiger partial charge in [0.1, 0.15) is 9.99 Å². The Hall–Kier alpha value is -1.45. The molecule has 0 N–H and O–H groups in total. The number of aryl methyl sites for hydroxylation is 2. The summed E-state index contributed by atoms with van der Waals surface area (Å²) in [5.41, 5.74) is 1.58. The van der Waals surface area contributed by atoms with E-state index < -0.39 is 20.4 Å². The Bertz CT molecular complexity index is 818. The molecule has 26 heavy (non-hydrogen) atoms. The fraction of sp³-hybridized carbons (Fsp3) is 0.409. The van der Waals surface area contributed by atoms with Gasteiger partial charge in [0.15, 0.2) is 0 Å². The zero-order chi connectivity index (χ0) is 18.9. The van der Waals surface area contributed by atoms with E-state index >= 15 is 0 Å². The van der Waals surface area contributed by atoms with E-state index in [4.69, 9.17) is 11.6 Å². The average molecular weight is 389 g/mol. The summed E-state index contributed by atoms with van der Waals surface area (Å²) >= 11 is 6.96. The number of halogens is 1. The maximum atomic E-state index is 13.3. The Balaban J connectivity index is 1.87. The fourth-order valence-electron chi connectivity index (χ4n) is 3.96. The highest BCUT2D eigenvalue weighted by Gasteiger charge is 2.79. The van der Waals surface area contributed by atoms with Crippen LogP contribution in [0.3, 0.4) is 0 Å². The summed E-state index contributed by atoms with van der Waals surface area (Å²) in [6.07, 6.45) is 2.00. The third-order valence-corrected chi connectivity index (χ3v) is 8.76. The fourth-order valence-corrected chi connectivity index (χ4v) is 6.66. The third kappa shape index (κ3) is 3.05. The topological polar surface area (TPSA) is 34.1 Å². The second-order valence-corrected chi connectivity index (χ2v) is 9.76. The van der Waals surface area contributed by atoms with Crippen LogP contribution in [0.25, 0.3) is 0 Å². The molecule has 1 fully saturated rings. The summed E-state index contributed by atoms with van der Waals surface area (Å²) in [5.74, 6) is 0.0116. The molecule has 1 aliphatic carbocycles. The van der Waals surface area contributed by atoms with Crippen molar-refractivity contribution < 1.29 is 9.00 Å². The van der Waals surface area contributed by atoms with Crippen LogP contribution in [-0.4, -0.2) is 14.2 Å². The largest absolute Gasteiger partial charge is 0.299 e. The van der Waals surface area contributed by atoms with Crippen LogP contribution in [0.4, 0.5) is 0 Å². The summed E-state index contributed by atoms with van der Waals surface area (Å²) in [7, 11) is -1.43. The molecule has 0 radical (unpaired) electrons. The minimum Gasteiger partial charge on any atom is -0.299 e. The number of rotatable bonds is 7. The molecule has 1 saturated carbocycles. The maximum Gasteiger partial charge on any atom is 0.141 e. The lowest BCUT2D eigenvalue weighted by Gasteiger charge is -2.15. The second kappa shape index (κ2) is 7.28. The van der Waals surface area contributed by atoms with Crippen molar-refractivity contribution in [2.24, 2.45) is 11.3 Å². The molecule has 0 heterocycles. The van der Waals surface area contributed by atoms with E-state index in [1.54, 1.807) is 0 Å². The van der Waals surface area contributed by atoms with Gasteiger partial charge in [0, 0.05) is 17.2 Å². The number of carbonyl (C=O) groups is 1. The van der Waals surface area contributed by atoms with Crippen LogP contribution in [0.1, 0.15) is 37.8 Å². The van der Waals surface area contributed by atoms with Gasteiger partial charge >= 0.3 is 0 Å². The predicted octanol–water partition coefficient (Wildman–Crippen LogP) is 5.29. The molecule has 4 atom stereocenters. The van der Waals surface area contributed by atoms with E-state index in [1.807, 2.05) is 63.2 Å². The van der Waals surface area contributed by atoms with Crippen LogP contribution in [0.2, 0.25) is 0 Å². The quantitative estimate of drug-likeness (QED) is 0.604. The highest BCUT2D eigenvalue weighted by Crippen LogP contribution is 2.71. The standard InChI is InChI=1S/C22H25ClO2S/c1-4-20(24)21(3)19(15-12-17-8-6-5-7-9-17)22(21,23)26(25)18-13-10-16(2)11-14-18/h5-11,13-14,19H,4,12,15H2,1-3H3/t19-,21+,22+,26?/m0/s1. The summed E-state index contributed by atoms with van der Waals surface area (Å²) in [4.78, 5) is 13.4. The number of benzene rings is 2. The SMILES string of the molecule is CCC(=O)[C@@]1(C)[C@H](CCc2ccccc2)[C@@]1(Cl)S(=O)c1ccc(C)cc1. The summed E-state index contributed by atoms with van der Waals surface area (Å²) < 4.78 is 12.3. The van der Waals surface area contributed by atoms with Gasteiger partial charge in [-0.05, 0) is 44.4 Å². The molecular formula is C22H25ClO2S. The molecule has 0 aromatic heterocycles. The Morgan fingerprint density at radius 3 is 2.31 bits per heavy atom. The monoisotopic (exact) mass is 388 g/mol. The van der Waals surface area contributed by atoms with Gasteiger partial charge in [0.05, 0.1) is 16.2 Å². The van der Waals surface area contributed by atoms with Crippen molar-refractivity contribution in [2.45, 2.75) is 49.1 Å². The number of hydrogen-bond donors (Lipinski definition) is 0. The van der Waals surface area contributed by atoms with Crippen LogP contribution in [0.5, 0.6) is 0 Å². The highest BCUT2D eigenvalue weighted by atomic mass is 35.5. The van der Waals surface area contributed by atoms with Gasteiger partial charge in [-0.15, -0.1) is 11.6 Å². The van der Waals surface area contributed by atoms with Gasteiger partial charge in [-0.2, -0.15) is 0 Å². The molecule has 138 valence electrons. The lowest BCUT2D eigenvalue weighted by Crippen LogP contribution is -2.24. The van der Waals surface area contributed by atoms with Crippen LogP contribution in [0, 0.1) is 18.3 Å². The van der Waals surface area contributed by atoms with Gasteiger partial charge in [-0.3, -0.25) is 9.00 Å². The summed E-state index contributed by atoms with van der Waals surface area (Å²) in [5, 5.41) is 0. The lowest BCUT2D eigenvalue weighted by atomic mass is 9.95. The van der Waals surface area contributed by atoms with Gasteiger partial charge in [0.2, 0.25) is 0 Å². The van der Waals surface area contributed by atoms with Crippen molar-refractivity contribution >= 4 is 28.2 Å². The number of hydrogen-bond acceptors (Lipinski definition) is 2. The third-order valence-electron chi connectivity index (χ3n) is 5.74. The van der Waals surface area contributed by atoms with Gasteiger partial charge in [-0.1, -0.05) is 55.0 Å². The average Bonchev–Trinajstić information content (AvgIpc) is 3.17. The van der Waals surface area contributed by atoms with Crippen molar-refractivity contribution in [3.8, 4) is 0 Å². The van der Waals surface area contributed by atoms with Gasteiger partial charge < -0.3 is 0 Å². The second-order valence-electron chi connectivity index (χ2n) is 7.28. The molecule has 2 aromatic rings. The Kier molecular flexibility index (Phi) is 5.41. The normalized spacial score (nSPS) is 28.5. The molecule has 1 aliphatic rings. The minimum absolute atomic E-state index is 0.0912. The van der Waals surface area contributed by atoms with Gasteiger partial charge in [0.25, 0.3) is 0 Å². The number of carbonyl (C=O) groups excluding carboxylic acids is 1. The van der Waals surface area contributed by atoms with E-state index in [9.17, 15) is 9.00 Å². The van der Waals surface area contributed by atoms with E-state index in [-0.39, 0.29) is 11.7 Å². The van der Waals surface area contributed by atoms with Crippen molar-refractivity contribution in [2.75, 3.05) is 0 Å². The molecule has 2 aromatic carbocycles. The Morgan fingerprint density at radius 1 is 1.12 bits per heavy atom. The molecule has 0 bridgehead atoms. The van der Waals surface area contributed by atoms with Crippen LogP contribution < -0.4 is 0 Å². The van der Waals surface area contributed by atoms with E-state index in [2.05, 4.69) is 12.1 Å². The zero-order valence-electron chi connectivity index (χ0n) is 15.5. The zero-order valence-corrected chi connectivity index (χ0v) is 17.1. The predicted molar refractivity (Wildman–Crippen MR) is 108 cm³/mol. The summed E-state index contributed by atoms with van der Waals surface area (Å²) in [6, 6.07) is 17.8. The first kappa shape index (κ1) is 19.3. The van der Waals surface area contributed by atoms with Crippen molar-refractivity contribution in [3.05, 3.63) is 65.7 Å². The molecule has 1 unspecified atom stereocenters. The molecule has 0 amide bonds. The highest BCUT2D eigenvalue weighted by molar-refractivity contribution is 7.88.